The Bertz CT molecular complexity index is 243. The molecule has 80 valence electrons. The molecule has 0 atom stereocenters. The zero-order chi connectivity index (χ0) is 10.1. The highest BCUT2D eigenvalue weighted by molar-refractivity contribution is 5.85. The predicted molar refractivity (Wildman–Crippen MR) is 51.6 cm³/mol. The van der Waals surface area contributed by atoms with E-state index in [0.29, 0.717) is 0 Å². The van der Waals surface area contributed by atoms with Crippen LogP contribution in [0.4, 0.5) is 4.79 Å². The van der Waals surface area contributed by atoms with Crippen LogP contribution in [0.5, 0.6) is 0 Å². The molecule has 0 aromatic heterocycles. The first-order valence-corrected chi connectivity index (χ1v) is 3.76. The minimum Gasteiger partial charge on any atom is -0.434 e. The summed E-state index contributed by atoms with van der Waals surface area (Å²) in [7, 11) is 0. The first-order chi connectivity index (χ1) is 6.20. The number of hydrogen-bond acceptors (Lipinski definition) is 5. The van der Waals surface area contributed by atoms with Crippen molar-refractivity contribution in [3.63, 3.8) is 0 Å². The molecule has 0 radical (unpaired) electrons. The van der Waals surface area contributed by atoms with Gasteiger partial charge in [0.1, 0.15) is 0 Å². The molecular weight excluding hydrogens is 210 g/mol. The molecule has 0 amide bonds. The van der Waals surface area contributed by atoms with Gasteiger partial charge in [-0.15, -0.1) is 12.4 Å². The average Bonchev–Trinajstić information content (AvgIpc) is 2.05. The molecule has 0 aliphatic heterocycles. The molecule has 0 aromatic rings. The maximum atomic E-state index is 10.8. The Hall–Kier alpha value is -1.41. The minimum absolute atomic E-state index is 0. The number of ether oxygens (including phenoxy) is 2. The molecule has 0 heterocycles. The fraction of sp³-hybridized carbons (Fsp3) is 0.500. The highest BCUT2D eigenvalue weighted by Gasteiger charge is 2.09. The third kappa shape index (κ3) is 8.68. The van der Waals surface area contributed by atoms with Crippen LogP contribution >= 0.6 is 12.4 Å². The molecule has 6 heteroatoms. The third-order valence-electron chi connectivity index (χ3n) is 1.02. The van der Waals surface area contributed by atoms with Crippen molar-refractivity contribution in [2.45, 2.75) is 19.8 Å². The van der Waals surface area contributed by atoms with E-state index in [4.69, 9.17) is 5.73 Å². The summed E-state index contributed by atoms with van der Waals surface area (Å²) in [5.74, 6) is 1.79. The Morgan fingerprint density at radius 2 is 2.07 bits per heavy atom. The van der Waals surface area contributed by atoms with Crippen LogP contribution in [0.2, 0.25) is 0 Å². The van der Waals surface area contributed by atoms with Crippen LogP contribution in [-0.2, 0) is 14.3 Å². The number of carbonyl (C=O) groups is 2. The lowest BCUT2D eigenvalue weighted by atomic mass is 10.3. The molecule has 0 spiro atoms. The van der Waals surface area contributed by atoms with Crippen molar-refractivity contribution in [3.05, 3.63) is 0 Å². The number of halogens is 1. The van der Waals surface area contributed by atoms with Crippen molar-refractivity contribution in [1.29, 1.82) is 0 Å². The van der Waals surface area contributed by atoms with Gasteiger partial charge in [0, 0.05) is 12.5 Å². The fourth-order valence-electron chi connectivity index (χ4n) is 0.528. The van der Waals surface area contributed by atoms with Crippen LogP contribution in [0.15, 0.2) is 0 Å². The summed E-state index contributed by atoms with van der Waals surface area (Å²) in [4.78, 5) is 21.3. The highest BCUT2D eigenvalue weighted by atomic mass is 35.5. The number of nitrogens with two attached hydrogens (primary N) is 1. The fourth-order valence-corrected chi connectivity index (χ4v) is 0.528. The van der Waals surface area contributed by atoms with Crippen molar-refractivity contribution in [1.82, 2.24) is 0 Å². The summed E-state index contributed by atoms with van der Waals surface area (Å²) in [6.45, 7) is 1.79. The zero-order valence-corrected chi connectivity index (χ0v) is 8.56. The summed E-state index contributed by atoms with van der Waals surface area (Å²) < 4.78 is 8.60. The topological polar surface area (TPSA) is 78.6 Å². The molecule has 0 bridgehead atoms. The van der Waals surface area contributed by atoms with Crippen LogP contribution in [0.1, 0.15) is 19.8 Å². The van der Waals surface area contributed by atoms with Gasteiger partial charge in [0.15, 0.2) is 0 Å². The highest BCUT2D eigenvalue weighted by Crippen LogP contribution is 1.93. The second-order valence-corrected chi connectivity index (χ2v) is 1.98. The normalized spacial score (nSPS) is 7.50. The maximum Gasteiger partial charge on any atom is 0.516 e. The molecule has 0 rings (SSSR count). The SMILES string of the molecule is CCOC(=O)OC(=O)CCC#CN.Cl. The summed E-state index contributed by atoms with van der Waals surface area (Å²) >= 11 is 0. The smallest absolute Gasteiger partial charge is 0.434 e. The van der Waals surface area contributed by atoms with E-state index in [1.807, 2.05) is 0 Å². The number of esters is 1. The van der Waals surface area contributed by atoms with Crippen molar-refractivity contribution in [2.24, 2.45) is 5.73 Å². The minimum atomic E-state index is -0.979. The Morgan fingerprint density at radius 3 is 2.57 bits per heavy atom. The Morgan fingerprint density at radius 1 is 1.43 bits per heavy atom. The Balaban J connectivity index is 0. The van der Waals surface area contributed by atoms with Gasteiger partial charge in [0.2, 0.25) is 0 Å². The van der Waals surface area contributed by atoms with Crippen molar-refractivity contribution in [2.75, 3.05) is 6.61 Å². The van der Waals surface area contributed by atoms with Gasteiger partial charge in [-0.1, -0.05) is 5.92 Å². The van der Waals surface area contributed by atoms with E-state index in [1.54, 1.807) is 6.92 Å². The molecule has 0 aliphatic rings. The lowest BCUT2D eigenvalue weighted by molar-refractivity contribution is -0.139. The van der Waals surface area contributed by atoms with Crippen molar-refractivity contribution < 1.29 is 19.1 Å². The van der Waals surface area contributed by atoms with Crippen molar-refractivity contribution >= 4 is 24.5 Å². The molecule has 0 saturated carbocycles. The molecule has 0 saturated heterocycles. The van der Waals surface area contributed by atoms with Gasteiger partial charge < -0.3 is 15.2 Å². The van der Waals surface area contributed by atoms with Gasteiger partial charge >= 0.3 is 12.1 Å². The van der Waals surface area contributed by atoms with Gasteiger partial charge in [-0.25, -0.2) is 4.79 Å². The molecule has 2 N–H and O–H groups in total. The van der Waals surface area contributed by atoms with Crippen LogP contribution in [-0.4, -0.2) is 18.7 Å². The molecule has 5 nitrogen and oxygen atoms in total. The monoisotopic (exact) mass is 221 g/mol. The second-order valence-electron chi connectivity index (χ2n) is 1.98. The van der Waals surface area contributed by atoms with E-state index in [9.17, 15) is 9.59 Å². The van der Waals surface area contributed by atoms with Crippen LogP contribution < -0.4 is 5.73 Å². The van der Waals surface area contributed by atoms with Crippen LogP contribution in [0.3, 0.4) is 0 Å². The first kappa shape index (κ1) is 15.1. The quantitative estimate of drug-likeness (QED) is 0.330. The van der Waals surface area contributed by atoms with Gasteiger partial charge in [0.25, 0.3) is 0 Å². The van der Waals surface area contributed by atoms with Gasteiger partial charge in [-0.3, -0.25) is 4.79 Å². The second kappa shape index (κ2) is 9.68. The molecular formula is C8H12ClNO4. The lowest BCUT2D eigenvalue weighted by Gasteiger charge is -2.00. The average molecular weight is 222 g/mol. The van der Waals surface area contributed by atoms with Gasteiger partial charge in [0.05, 0.1) is 13.0 Å². The molecule has 0 aliphatic carbocycles. The molecule has 0 aromatic carbocycles. The third-order valence-corrected chi connectivity index (χ3v) is 1.02. The number of carbonyl (C=O) groups excluding carboxylic acids is 2. The van der Waals surface area contributed by atoms with Crippen LogP contribution in [0.25, 0.3) is 0 Å². The summed E-state index contributed by atoms with van der Waals surface area (Å²) in [6.07, 6.45) is -0.675. The first-order valence-electron chi connectivity index (χ1n) is 3.76. The van der Waals surface area contributed by atoms with E-state index >= 15 is 0 Å². The number of hydrogen-bond donors (Lipinski definition) is 1. The van der Waals surface area contributed by atoms with Gasteiger partial charge in [-0.05, 0) is 6.92 Å². The van der Waals surface area contributed by atoms with E-state index in [0.717, 1.165) is 0 Å². The Labute approximate surface area is 88.3 Å². The van der Waals surface area contributed by atoms with E-state index in [-0.39, 0.29) is 31.9 Å². The molecule has 0 unspecified atom stereocenters. The summed E-state index contributed by atoms with van der Waals surface area (Å²) in [6, 6.07) is 2.13. The molecule has 14 heavy (non-hydrogen) atoms. The van der Waals surface area contributed by atoms with E-state index < -0.39 is 12.1 Å². The van der Waals surface area contributed by atoms with E-state index in [2.05, 4.69) is 21.4 Å². The van der Waals surface area contributed by atoms with E-state index in [1.165, 1.54) is 0 Å². The zero-order valence-electron chi connectivity index (χ0n) is 7.74. The van der Waals surface area contributed by atoms with Crippen LogP contribution in [0, 0.1) is 12.0 Å². The number of rotatable bonds is 3. The van der Waals surface area contributed by atoms with Crippen molar-refractivity contribution in [3.8, 4) is 12.0 Å². The van der Waals surface area contributed by atoms with Gasteiger partial charge in [-0.2, -0.15) is 0 Å². The predicted octanol–water partition coefficient (Wildman–Crippen LogP) is 0.808. The summed E-state index contributed by atoms with van der Waals surface area (Å²) in [5, 5.41) is 0. The standard InChI is InChI=1S/C8H11NO4.ClH/c1-2-12-8(11)13-7(10)5-3-4-6-9;/h2-3,5,9H2,1H3;1H. The molecule has 0 fully saturated rings. The maximum absolute atomic E-state index is 10.8. The Kier molecular flexibility index (Phi) is 10.4. The lowest BCUT2D eigenvalue weighted by Crippen LogP contribution is -2.13. The summed E-state index contributed by atoms with van der Waals surface area (Å²) in [5.41, 5.74) is 4.86. The largest absolute Gasteiger partial charge is 0.516 e.